The number of hydrogen-bond acceptors (Lipinski definition) is 7. The van der Waals surface area contributed by atoms with Crippen LogP contribution in [0.4, 0.5) is 10.2 Å². The molecule has 0 bridgehead atoms. The molecule has 6 heterocycles. The Kier molecular flexibility index (Phi) is 7.08. The van der Waals surface area contributed by atoms with Gasteiger partial charge < -0.3 is 24.1 Å². The van der Waals surface area contributed by atoms with E-state index in [1.807, 2.05) is 12.3 Å². The molecule has 3 fully saturated rings. The Balaban J connectivity index is 1.24. The highest BCUT2D eigenvalue weighted by Gasteiger charge is 2.31. The lowest BCUT2D eigenvalue weighted by atomic mass is 9.99. The fourth-order valence-corrected chi connectivity index (χ4v) is 6.73. The normalized spacial score (nSPS) is 19.6. The van der Waals surface area contributed by atoms with Crippen LogP contribution in [-0.2, 0) is 22.6 Å². The molecule has 3 aliphatic heterocycles. The molecule has 1 amide bonds. The minimum Gasteiger partial charge on any atom is -0.378 e. The van der Waals surface area contributed by atoms with Crippen molar-refractivity contribution in [3.05, 3.63) is 36.0 Å². The van der Waals surface area contributed by atoms with E-state index in [1.165, 1.54) is 6.07 Å². The van der Waals surface area contributed by atoms with Gasteiger partial charge in [-0.2, -0.15) is 0 Å². The third kappa shape index (κ3) is 4.84. The van der Waals surface area contributed by atoms with Gasteiger partial charge >= 0.3 is 0 Å². The molecule has 0 unspecified atom stereocenters. The number of rotatable bonds is 6. The summed E-state index contributed by atoms with van der Waals surface area (Å²) in [5.41, 5.74) is 2.73. The topological polar surface area (TPSA) is 95.4 Å². The molecular weight excluding hydrogens is 523 g/mol. The summed E-state index contributed by atoms with van der Waals surface area (Å²) >= 11 is 0. The summed E-state index contributed by atoms with van der Waals surface area (Å²) in [5, 5.41) is 0.759. The number of H-pyrrole nitrogens is 1. The first-order chi connectivity index (χ1) is 20.1. The second-order valence-electron chi connectivity index (χ2n) is 11.3. The van der Waals surface area contributed by atoms with Crippen LogP contribution < -0.4 is 4.90 Å². The maximum atomic E-state index is 15.4. The van der Waals surface area contributed by atoms with Gasteiger partial charge in [0.2, 0.25) is 5.91 Å². The molecule has 0 radical (unpaired) electrons. The van der Waals surface area contributed by atoms with E-state index >= 15 is 4.39 Å². The summed E-state index contributed by atoms with van der Waals surface area (Å²) in [7, 11) is 0. The van der Waals surface area contributed by atoms with Gasteiger partial charge in [0.1, 0.15) is 11.6 Å². The summed E-state index contributed by atoms with van der Waals surface area (Å²) in [6.07, 6.45) is 6.61. The quantitative estimate of drug-likeness (QED) is 0.382. The van der Waals surface area contributed by atoms with E-state index in [4.69, 9.17) is 19.7 Å². The molecule has 11 heteroatoms. The van der Waals surface area contributed by atoms with Crippen LogP contribution in [0, 0.1) is 5.82 Å². The largest absolute Gasteiger partial charge is 0.378 e. The highest BCUT2D eigenvalue weighted by atomic mass is 19.1. The molecule has 1 N–H and O–H groups in total. The molecule has 216 valence electrons. The van der Waals surface area contributed by atoms with Crippen LogP contribution in [0.1, 0.15) is 44.9 Å². The van der Waals surface area contributed by atoms with E-state index in [1.54, 1.807) is 6.07 Å². The monoisotopic (exact) mass is 560 g/mol. The summed E-state index contributed by atoms with van der Waals surface area (Å²) in [5.74, 6) is 2.02. The second-order valence-corrected chi connectivity index (χ2v) is 11.3. The number of nitrogens with zero attached hydrogens (tertiary/aromatic N) is 7. The van der Waals surface area contributed by atoms with Gasteiger partial charge in [0.05, 0.1) is 25.3 Å². The molecular formula is C30H37FN8O2. The number of benzene rings is 1. The van der Waals surface area contributed by atoms with Gasteiger partial charge in [0.25, 0.3) is 0 Å². The highest BCUT2D eigenvalue weighted by Crippen LogP contribution is 2.34. The molecule has 0 saturated carbocycles. The van der Waals surface area contributed by atoms with Crippen molar-refractivity contribution in [2.24, 2.45) is 0 Å². The van der Waals surface area contributed by atoms with Crippen molar-refractivity contribution < 1.29 is 13.9 Å². The predicted molar refractivity (Wildman–Crippen MR) is 155 cm³/mol. The number of fused-ring (bicyclic) bond motifs is 2. The van der Waals surface area contributed by atoms with Crippen molar-refractivity contribution in [1.29, 1.82) is 0 Å². The number of halogens is 1. The number of aryl methyl sites for hydroxylation is 1. The van der Waals surface area contributed by atoms with Crippen molar-refractivity contribution in [2.45, 2.75) is 58.2 Å². The lowest BCUT2D eigenvalue weighted by molar-refractivity contribution is -0.136. The number of aromatic nitrogens is 5. The number of nitrogens with one attached hydrogen (secondary N) is 1. The van der Waals surface area contributed by atoms with Gasteiger partial charge in [0.15, 0.2) is 22.8 Å². The summed E-state index contributed by atoms with van der Waals surface area (Å²) in [6, 6.07) is 5.43. The minimum absolute atomic E-state index is 0.319. The Morgan fingerprint density at radius 2 is 1.85 bits per heavy atom. The van der Waals surface area contributed by atoms with Crippen molar-refractivity contribution in [3.63, 3.8) is 0 Å². The van der Waals surface area contributed by atoms with Crippen LogP contribution in [0.2, 0.25) is 0 Å². The fourth-order valence-electron chi connectivity index (χ4n) is 6.73. The number of carbonyl (C=O) groups is 1. The Labute approximate surface area is 238 Å². The average molecular weight is 561 g/mol. The van der Waals surface area contributed by atoms with Crippen LogP contribution in [0.25, 0.3) is 33.5 Å². The summed E-state index contributed by atoms with van der Waals surface area (Å²) in [4.78, 5) is 37.5. The van der Waals surface area contributed by atoms with Crippen molar-refractivity contribution in [1.82, 2.24) is 34.3 Å². The predicted octanol–water partition coefficient (Wildman–Crippen LogP) is 3.95. The number of piperidine rings is 2. The molecule has 7 rings (SSSR count). The molecule has 0 atom stereocenters. The van der Waals surface area contributed by atoms with Gasteiger partial charge in [0, 0.05) is 68.8 Å². The number of imidazole rings is 1. The number of aromatic amines is 1. The molecule has 4 aromatic rings. The molecule has 0 spiro atoms. The Morgan fingerprint density at radius 3 is 2.63 bits per heavy atom. The number of morpholine rings is 1. The van der Waals surface area contributed by atoms with Gasteiger partial charge in [-0.05, 0) is 50.8 Å². The van der Waals surface area contributed by atoms with E-state index in [-0.39, 0.29) is 5.82 Å². The Morgan fingerprint density at radius 1 is 1.02 bits per heavy atom. The number of anilines is 1. The maximum Gasteiger partial charge on any atom is 0.222 e. The number of ether oxygens (including phenoxy) is 1. The molecule has 41 heavy (non-hydrogen) atoms. The maximum absolute atomic E-state index is 15.4. The zero-order valence-electron chi connectivity index (χ0n) is 23.6. The zero-order valence-corrected chi connectivity index (χ0v) is 23.6. The molecule has 1 aromatic carbocycles. The first-order valence-corrected chi connectivity index (χ1v) is 15.0. The van der Waals surface area contributed by atoms with E-state index in [0.29, 0.717) is 69.2 Å². The lowest BCUT2D eigenvalue weighted by Crippen LogP contribution is -2.49. The van der Waals surface area contributed by atoms with Crippen LogP contribution in [0.3, 0.4) is 0 Å². The molecule has 3 aromatic heterocycles. The van der Waals surface area contributed by atoms with Gasteiger partial charge in [-0.25, -0.2) is 19.3 Å². The van der Waals surface area contributed by atoms with Crippen molar-refractivity contribution >= 4 is 33.8 Å². The fraction of sp³-hybridized carbons (Fsp3) is 0.533. The third-order valence-electron chi connectivity index (χ3n) is 8.91. The van der Waals surface area contributed by atoms with E-state index in [0.717, 1.165) is 79.0 Å². The zero-order chi connectivity index (χ0) is 27.9. The third-order valence-corrected chi connectivity index (χ3v) is 8.91. The second kappa shape index (κ2) is 11.0. The smallest absolute Gasteiger partial charge is 0.222 e. The van der Waals surface area contributed by atoms with Gasteiger partial charge in [-0.1, -0.05) is 0 Å². The highest BCUT2D eigenvalue weighted by molar-refractivity contribution is 5.95. The number of likely N-dealkylation sites (tertiary alicyclic amines) is 2. The van der Waals surface area contributed by atoms with E-state index in [2.05, 4.69) is 31.2 Å². The van der Waals surface area contributed by atoms with Crippen LogP contribution in [0.15, 0.2) is 24.4 Å². The molecule has 3 aliphatic rings. The van der Waals surface area contributed by atoms with E-state index in [9.17, 15) is 4.79 Å². The van der Waals surface area contributed by atoms with Crippen LogP contribution in [-0.4, -0.2) is 92.2 Å². The van der Waals surface area contributed by atoms with Crippen LogP contribution >= 0.6 is 0 Å². The van der Waals surface area contributed by atoms with Gasteiger partial charge in [-0.3, -0.25) is 9.69 Å². The SMILES string of the molecule is CCn1c(CN2CCC(N3CCCCC3=O)CC2)nc2c(N3CCOCC3)nc(-c3c(F)ccc4[nH]ccc34)nc21. The molecule has 3 saturated heterocycles. The molecule has 10 nitrogen and oxygen atoms in total. The minimum atomic E-state index is -0.345. The standard InChI is InChI=1S/C30H37FN8O2/c1-2-38-24(19-36-13-9-20(10-14-36)39-12-4-3-5-25(39)40)33-27-29(37-15-17-41-18-16-37)34-28(35-30(27)38)26-21-8-11-32-23(21)7-6-22(26)31/h6-8,11,20,32H,2-5,9-10,12-19H2,1H3. The van der Waals surface area contributed by atoms with E-state index < -0.39 is 0 Å². The first-order valence-electron chi connectivity index (χ1n) is 15.0. The summed E-state index contributed by atoms with van der Waals surface area (Å²) in [6.45, 7) is 8.85. The summed E-state index contributed by atoms with van der Waals surface area (Å²) < 4.78 is 23.1. The molecule has 0 aliphatic carbocycles. The Bertz CT molecular complexity index is 1570. The van der Waals surface area contributed by atoms with Crippen molar-refractivity contribution in [3.8, 4) is 11.4 Å². The lowest BCUT2D eigenvalue weighted by Gasteiger charge is -2.40. The van der Waals surface area contributed by atoms with Crippen LogP contribution in [0.5, 0.6) is 0 Å². The number of hydrogen-bond donors (Lipinski definition) is 1. The van der Waals surface area contributed by atoms with Gasteiger partial charge in [-0.15, -0.1) is 0 Å². The average Bonchev–Trinajstić information content (AvgIpc) is 3.62. The number of amides is 1. The number of carbonyl (C=O) groups excluding carboxylic acids is 1. The first kappa shape index (κ1) is 26.3. The van der Waals surface area contributed by atoms with Crippen molar-refractivity contribution in [2.75, 3.05) is 50.8 Å². The Hall–Kier alpha value is -3.57.